The van der Waals surface area contributed by atoms with Gasteiger partial charge in [0.05, 0.1) is 17.4 Å². The van der Waals surface area contributed by atoms with Crippen LogP contribution in [0.2, 0.25) is 0 Å². The lowest BCUT2D eigenvalue weighted by atomic mass is 9.90. The number of nitrogens with two attached hydrogens (primary N) is 1. The lowest BCUT2D eigenvalue weighted by Gasteiger charge is -2.27. The fraction of sp³-hybridized carbons (Fsp3) is 0.846. The van der Waals surface area contributed by atoms with Gasteiger partial charge in [0, 0.05) is 12.6 Å². The van der Waals surface area contributed by atoms with E-state index in [1.165, 1.54) is 6.42 Å². The van der Waals surface area contributed by atoms with E-state index in [-0.39, 0.29) is 17.9 Å². The molecule has 1 fully saturated rings. The van der Waals surface area contributed by atoms with Crippen molar-refractivity contribution in [1.82, 2.24) is 5.32 Å². The van der Waals surface area contributed by atoms with Crippen molar-refractivity contribution in [3.8, 4) is 6.07 Å². The molecule has 96 valence electrons. The normalized spacial score (nSPS) is 25.9. The molecule has 2 atom stereocenters. The zero-order chi connectivity index (χ0) is 12.9. The number of primary amides is 1. The number of hydrogen-bond donors (Lipinski definition) is 2. The van der Waals surface area contributed by atoms with E-state index >= 15 is 0 Å². The first-order valence-electron chi connectivity index (χ1n) is 6.40. The molecule has 0 radical (unpaired) electrons. The van der Waals surface area contributed by atoms with Crippen molar-refractivity contribution in [3.63, 3.8) is 0 Å². The highest BCUT2D eigenvalue weighted by molar-refractivity contribution is 5.80. The van der Waals surface area contributed by atoms with Crippen molar-refractivity contribution in [2.24, 2.45) is 17.1 Å². The molecule has 0 bridgehead atoms. The van der Waals surface area contributed by atoms with E-state index in [0.29, 0.717) is 6.54 Å². The monoisotopic (exact) mass is 237 g/mol. The van der Waals surface area contributed by atoms with Gasteiger partial charge < -0.3 is 11.1 Å². The van der Waals surface area contributed by atoms with Crippen LogP contribution >= 0.6 is 0 Å². The van der Waals surface area contributed by atoms with Crippen LogP contribution in [-0.2, 0) is 4.79 Å². The van der Waals surface area contributed by atoms with Crippen LogP contribution in [0.1, 0.15) is 46.0 Å². The number of nitrogens with one attached hydrogen (secondary N) is 1. The molecule has 1 aliphatic rings. The summed E-state index contributed by atoms with van der Waals surface area (Å²) in [5, 5.41) is 12.5. The van der Waals surface area contributed by atoms with E-state index in [1.807, 2.05) is 13.8 Å². The molecule has 1 rings (SSSR count). The fourth-order valence-corrected chi connectivity index (χ4v) is 2.18. The molecule has 4 nitrogen and oxygen atoms in total. The van der Waals surface area contributed by atoms with E-state index in [9.17, 15) is 4.79 Å². The molecule has 0 heterocycles. The summed E-state index contributed by atoms with van der Waals surface area (Å²) >= 11 is 0. The van der Waals surface area contributed by atoms with Crippen molar-refractivity contribution in [1.29, 1.82) is 5.26 Å². The largest absolute Gasteiger partial charge is 0.369 e. The zero-order valence-electron chi connectivity index (χ0n) is 10.8. The molecule has 0 aliphatic heterocycles. The molecule has 17 heavy (non-hydrogen) atoms. The average molecular weight is 237 g/mol. The minimum Gasteiger partial charge on any atom is -0.369 e. The van der Waals surface area contributed by atoms with Gasteiger partial charge in [-0.2, -0.15) is 5.26 Å². The summed E-state index contributed by atoms with van der Waals surface area (Å²) < 4.78 is 0. The first-order valence-corrected chi connectivity index (χ1v) is 6.40. The average Bonchev–Trinajstić information content (AvgIpc) is 2.50. The van der Waals surface area contributed by atoms with Crippen LogP contribution in [-0.4, -0.2) is 18.5 Å². The van der Waals surface area contributed by atoms with Crippen LogP contribution in [0.4, 0.5) is 0 Å². The molecule has 0 saturated heterocycles. The van der Waals surface area contributed by atoms with E-state index in [4.69, 9.17) is 11.0 Å². The molecular formula is C13H23N3O. The van der Waals surface area contributed by atoms with Gasteiger partial charge in [0.25, 0.3) is 0 Å². The second-order valence-corrected chi connectivity index (χ2v) is 5.61. The molecule has 1 amide bonds. The molecule has 1 aliphatic carbocycles. The maximum absolute atomic E-state index is 11.2. The first-order chi connectivity index (χ1) is 7.97. The summed E-state index contributed by atoms with van der Waals surface area (Å²) in [6.45, 7) is 4.21. The molecule has 0 aromatic carbocycles. The maximum Gasteiger partial charge on any atom is 0.224 e. The Morgan fingerprint density at radius 1 is 1.41 bits per heavy atom. The van der Waals surface area contributed by atoms with Gasteiger partial charge in [-0.05, 0) is 26.7 Å². The first kappa shape index (κ1) is 14.0. The Hall–Kier alpha value is -1.08. The van der Waals surface area contributed by atoms with Crippen molar-refractivity contribution >= 4 is 5.91 Å². The van der Waals surface area contributed by atoms with E-state index in [0.717, 1.165) is 25.7 Å². The minimum absolute atomic E-state index is 0.0705. The summed E-state index contributed by atoms with van der Waals surface area (Å²) in [6, 6.07) is 2.59. The Balaban J connectivity index is 2.54. The van der Waals surface area contributed by atoms with Crippen molar-refractivity contribution < 1.29 is 4.79 Å². The topological polar surface area (TPSA) is 78.9 Å². The van der Waals surface area contributed by atoms with E-state index < -0.39 is 5.41 Å². The molecule has 0 spiro atoms. The van der Waals surface area contributed by atoms with Crippen molar-refractivity contribution in [2.45, 2.75) is 52.0 Å². The van der Waals surface area contributed by atoms with Crippen LogP contribution in [0.25, 0.3) is 0 Å². The van der Waals surface area contributed by atoms with Crippen LogP contribution < -0.4 is 11.1 Å². The molecule has 0 aromatic rings. The van der Waals surface area contributed by atoms with Crippen LogP contribution in [0, 0.1) is 22.7 Å². The number of amides is 1. The molecular weight excluding hydrogens is 214 g/mol. The molecule has 4 heteroatoms. The number of hydrogen-bond acceptors (Lipinski definition) is 3. The smallest absolute Gasteiger partial charge is 0.224 e. The lowest BCUT2D eigenvalue weighted by molar-refractivity contribution is -0.125. The summed E-state index contributed by atoms with van der Waals surface area (Å²) in [5.41, 5.74) is 4.79. The van der Waals surface area contributed by atoms with Gasteiger partial charge >= 0.3 is 0 Å². The second-order valence-electron chi connectivity index (χ2n) is 5.61. The Morgan fingerprint density at radius 2 is 2.06 bits per heavy atom. The highest BCUT2D eigenvalue weighted by Gasteiger charge is 2.29. The SMILES string of the molecule is CC(C)(CNC1CCCCCC1C#N)C(N)=O. The zero-order valence-corrected chi connectivity index (χ0v) is 10.8. The Kier molecular flexibility index (Phi) is 4.95. The van der Waals surface area contributed by atoms with Crippen LogP contribution in [0.3, 0.4) is 0 Å². The van der Waals surface area contributed by atoms with Gasteiger partial charge in [-0.25, -0.2) is 0 Å². The van der Waals surface area contributed by atoms with Crippen LogP contribution in [0.15, 0.2) is 0 Å². The fourth-order valence-electron chi connectivity index (χ4n) is 2.18. The highest BCUT2D eigenvalue weighted by Crippen LogP contribution is 2.24. The third-order valence-electron chi connectivity index (χ3n) is 3.66. The molecule has 3 N–H and O–H groups in total. The number of nitriles is 1. The Labute approximate surface area is 104 Å². The predicted octanol–water partition coefficient (Wildman–Crippen LogP) is 1.56. The summed E-state index contributed by atoms with van der Waals surface area (Å²) in [6.07, 6.45) is 5.48. The van der Waals surface area contributed by atoms with Gasteiger partial charge in [0.1, 0.15) is 0 Å². The summed E-state index contributed by atoms with van der Waals surface area (Å²) in [5.74, 6) is -0.228. The number of rotatable bonds is 4. The number of nitrogens with zero attached hydrogens (tertiary/aromatic N) is 1. The molecule has 2 unspecified atom stereocenters. The standard InChI is InChI=1S/C13H23N3O/c1-13(2,12(15)17)9-16-11-7-5-3-4-6-10(11)8-14/h10-11,16H,3-7,9H2,1-2H3,(H2,15,17). The third kappa shape index (κ3) is 4.01. The minimum atomic E-state index is -0.549. The highest BCUT2D eigenvalue weighted by atomic mass is 16.1. The van der Waals surface area contributed by atoms with Gasteiger partial charge in [-0.15, -0.1) is 0 Å². The van der Waals surface area contributed by atoms with E-state index in [1.54, 1.807) is 0 Å². The predicted molar refractivity (Wildman–Crippen MR) is 67.0 cm³/mol. The lowest BCUT2D eigenvalue weighted by Crippen LogP contribution is -2.45. The molecule has 1 saturated carbocycles. The van der Waals surface area contributed by atoms with Crippen molar-refractivity contribution in [2.75, 3.05) is 6.54 Å². The summed E-state index contributed by atoms with van der Waals surface area (Å²) in [4.78, 5) is 11.2. The van der Waals surface area contributed by atoms with Crippen LogP contribution in [0.5, 0.6) is 0 Å². The third-order valence-corrected chi connectivity index (χ3v) is 3.66. The van der Waals surface area contributed by atoms with E-state index in [2.05, 4.69) is 11.4 Å². The summed E-state index contributed by atoms with van der Waals surface area (Å²) in [7, 11) is 0. The molecule has 0 aromatic heterocycles. The number of carbonyl (C=O) groups excluding carboxylic acids is 1. The second kappa shape index (κ2) is 6.02. The quantitative estimate of drug-likeness (QED) is 0.728. The van der Waals surface area contributed by atoms with Crippen molar-refractivity contribution in [3.05, 3.63) is 0 Å². The van der Waals surface area contributed by atoms with Gasteiger partial charge in [-0.1, -0.05) is 19.3 Å². The number of carbonyl (C=O) groups is 1. The van der Waals surface area contributed by atoms with Gasteiger partial charge in [-0.3, -0.25) is 4.79 Å². The van der Waals surface area contributed by atoms with Gasteiger partial charge in [0.2, 0.25) is 5.91 Å². The Bertz CT molecular complexity index is 306. The Morgan fingerprint density at radius 3 is 2.65 bits per heavy atom. The van der Waals surface area contributed by atoms with Gasteiger partial charge in [0.15, 0.2) is 0 Å². The maximum atomic E-state index is 11.2.